The Morgan fingerprint density at radius 1 is 1.24 bits per heavy atom. The number of esters is 1. The number of rotatable bonds is 13. The van der Waals surface area contributed by atoms with E-state index in [0.29, 0.717) is 26.0 Å². The number of amides is 1. The van der Waals surface area contributed by atoms with Gasteiger partial charge >= 0.3 is 5.97 Å². The van der Waals surface area contributed by atoms with Crippen molar-refractivity contribution in [3.8, 4) is 0 Å². The van der Waals surface area contributed by atoms with E-state index < -0.39 is 0 Å². The lowest BCUT2D eigenvalue weighted by atomic mass is 10.1. The van der Waals surface area contributed by atoms with Crippen molar-refractivity contribution in [3.05, 3.63) is 12.2 Å². The van der Waals surface area contributed by atoms with Gasteiger partial charge in [0.15, 0.2) is 5.78 Å². The second-order valence-electron chi connectivity index (χ2n) is 6.31. The molecule has 1 unspecified atom stereocenters. The van der Waals surface area contributed by atoms with Crippen molar-refractivity contribution in [2.24, 2.45) is 0 Å². The van der Waals surface area contributed by atoms with Gasteiger partial charge in [-0.3, -0.25) is 9.59 Å². The quantitative estimate of drug-likeness (QED) is 0.289. The highest BCUT2D eigenvalue weighted by molar-refractivity contribution is 5.90. The molecule has 1 fully saturated rings. The van der Waals surface area contributed by atoms with Crippen LogP contribution in [0.2, 0.25) is 0 Å². The number of ether oxygens (including phenoxy) is 2. The largest absolute Gasteiger partial charge is 0.467 e. The molecule has 6 nitrogen and oxygen atoms in total. The first-order valence-corrected chi connectivity index (χ1v) is 9.23. The van der Waals surface area contributed by atoms with Crippen LogP contribution >= 0.6 is 0 Å². The van der Waals surface area contributed by atoms with Crippen LogP contribution in [-0.2, 0) is 23.9 Å². The van der Waals surface area contributed by atoms with Crippen LogP contribution in [0.5, 0.6) is 0 Å². The molecule has 6 heteroatoms. The molecule has 0 spiro atoms. The van der Waals surface area contributed by atoms with Crippen molar-refractivity contribution >= 4 is 17.7 Å². The van der Waals surface area contributed by atoms with Crippen molar-refractivity contribution in [1.82, 2.24) is 4.90 Å². The fourth-order valence-electron chi connectivity index (χ4n) is 2.80. The van der Waals surface area contributed by atoms with Gasteiger partial charge in [0.25, 0.3) is 0 Å². The third-order valence-electron chi connectivity index (χ3n) is 4.29. The highest BCUT2D eigenvalue weighted by atomic mass is 16.6. The van der Waals surface area contributed by atoms with E-state index in [1.807, 2.05) is 11.0 Å². The summed E-state index contributed by atoms with van der Waals surface area (Å²) in [6.07, 6.45) is 10.1. The maximum Gasteiger partial charge on any atom is 0.331 e. The highest BCUT2D eigenvalue weighted by Gasteiger charge is 2.28. The second-order valence-corrected chi connectivity index (χ2v) is 6.31. The zero-order chi connectivity index (χ0) is 18.5. The van der Waals surface area contributed by atoms with E-state index in [2.05, 4.69) is 11.7 Å². The minimum atomic E-state index is -0.386. The van der Waals surface area contributed by atoms with Gasteiger partial charge in [0, 0.05) is 26.0 Å². The fourth-order valence-corrected chi connectivity index (χ4v) is 2.80. The molecule has 0 N–H and O–H groups in total. The van der Waals surface area contributed by atoms with Crippen LogP contribution in [0.25, 0.3) is 0 Å². The number of hydrogen-bond donors (Lipinski definition) is 0. The predicted molar refractivity (Wildman–Crippen MR) is 95.1 cm³/mol. The number of likely N-dealkylation sites (tertiary alicyclic amines) is 1. The van der Waals surface area contributed by atoms with E-state index in [4.69, 9.17) is 4.74 Å². The van der Waals surface area contributed by atoms with Gasteiger partial charge in [-0.15, -0.1) is 0 Å². The van der Waals surface area contributed by atoms with Crippen LogP contribution in [0.1, 0.15) is 58.3 Å². The third-order valence-corrected chi connectivity index (χ3v) is 4.29. The van der Waals surface area contributed by atoms with E-state index in [-0.39, 0.29) is 30.3 Å². The minimum absolute atomic E-state index is 0.0265. The predicted octanol–water partition coefficient (Wildman–Crippen LogP) is 2.65. The van der Waals surface area contributed by atoms with E-state index >= 15 is 0 Å². The summed E-state index contributed by atoms with van der Waals surface area (Å²) in [4.78, 5) is 36.6. The van der Waals surface area contributed by atoms with Gasteiger partial charge in [-0.2, -0.15) is 0 Å². The summed E-state index contributed by atoms with van der Waals surface area (Å²) in [6.45, 7) is 3.19. The number of hydrogen-bond acceptors (Lipinski definition) is 5. The monoisotopic (exact) mass is 353 g/mol. The first kappa shape index (κ1) is 21.4. The van der Waals surface area contributed by atoms with Crippen molar-refractivity contribution in [3.63, 3.8) is 0 Å². The summed E-state index contributed by atoms with van der Waals surface area (Å²) in [7, 11) is 1.33. The minimum Gasteiger partial charge on any atom is -0.467 e. The topological polar surface area (TPSA) is 72.9 Å². The van der Waals surface area contributed by atoms with Crippen molar-refractivity contribution in [2.75, 3.05) is 26.9 Å². The Bertz CT molecular complexity index is 461. The molecule has 0 saturated carbocycles. The Hall–Kier alpha value is -1.69. The van der Waals surface area contributed by atoms with Gasteiger partial charge in [-0.25, -0.2) is 4.79 Å². The molecule has 1 aliphatic rings. The van der Waals surface area contributed by atoms with Gasteiger partial charge in [-0.05, 0) is 31.8 Å². The lowest BCUT2D eigenvalue weighted by Gasteiger charge is -2.22. The van der Waals surface area contributed by atoms with Gasteiger partial charge in [0.2, 0.25) is 5.91 Å². The molecule has 0 bridgehead atoms. The number of nitrogens with zero attached hydrogens (tertiary/aromatic N) is 1. The average Bonchev–Trinajstić information content (AvgIpc) is 2.96. The van der Waals surface area contributed by atoms with Gasteiger partial charge in [-0.1, -0.05) is 25.8 Å². The van der Waals surface area contributed by atoms with Crippen LogP contribution in [0, 0.1) is 0 Å². The summed E-state index contributed by atoms with van der Waals surface area (Å²) >= 11 is 0. The highest BCUT2D eigenvalue weighted by Crippen LogP contribution is 2.20. The SMILES string of the molecule is CCCCCC(=O)C=CC1CCC(=O)N1CCCCOCC(=O)OC. The summed E-state index contributed by atoms with van der Waals surface area (Å²) < 4.78 is 9.68. The lowest BCUT2D eigenvalue weighted by molar-refractivity contribution is -0.145. The van der Waals surface area contributed by atoms with Crippen molar-refractivity contribution in [2.45, 2.75) is 64.3 Å². The summed E-state index contributed by atoms with van der Waals surface area (Å²) in [5, 5.41) is 0. The van der Waals surface area contributed by atoms with Crippen LogP contribution < -0.4 is 0 Å². The van der Waals surface area contributed by atoms with E-state index in [0.717, 1.165) is 38.5 Å². The maximum atomic E-state index is 12.0. The number of carbonyl (C=O) groups excluding carboxylic acids is 3. The molecule has 1 heterocycles. The first-order valence-electron chi connectivity index (χ1n) is 9.23. The van der Waals surface area contributed by atoms with E-state index in [1.165, 1.54) is 7.11 Å². The summed E-state index contributed by atoms with van der Waals surface area (Å²) in [6, 6.07) is 0.0265. The molecule has 0 aromatic rings. The van der Waals surface area contributed by atoms with Crippen LogP contribution in [0.3, 0.4) is 0 Å². The normalized spacial score (nSPS) is 17.4. The first-order chi connectivity index (χ1) is 12.1. The molecule has 0 aliphatic carbocycles. The molecule has 0 aromatic heterocycles. The third kappa shape index (κ3) is 8.82. The zero-order valence-electron chi connectivity index (χ0n) is 15.5. The average molecular weight is 353 g/mol. The fraction of sp³-hybridized carbons (Fsp3) is 0.737. The molecule has 1 saturated heterocycles. The van der Waals surface area contributed by atoms with Crippen molar-refractivity contribution in [1.29, 1.82) is 0 Å². The van der Waals surface area contributed by atoms with Crippen LogP contribution in [-0.4, -0.2) is 55.5 Å². The van der Waals surface area contributed by atoms with Crippen LogP contribution in [0.15, 0.2) is 12.2 Å². The molecule has 0 aromatic carbocycles. The number of ketones is 1. The van der Waals surface area contributed by atoms with E-state index in [1.54, 1.807) is 6.08 Å². The molecular weight excluding hydrogens is 322 g/mol. The Labute approximate surface area is 150 Å². The Kier molecular flexibility index (Phi) is 10.8. The zero-order valence-corrected chi connectivity index (χ0v) is 15.5. The standard InChI is InChI=1S/C19H31NO5/c1-3-4-5-8-17(21)11-9-16-10-12-18(22)20(16)13-6-7-14-25-15-19(23)24-2/h9,11,16H,3-8,10,12-15H2,1-2H3. The molecule has 1 aliphatic heterocycles. The van der Waals surface area contributed by atoms with Crippen LogP contribution in [0.4, 0.5) is 0 Å². The molecular formula is C19H31NO5. The maximum absolute atomic E-state index is 12.0. The van der Waals surface area contributed by atoms with Gasteiger partial charge in [0.05, 0.1) is 13.2 Å². The molecule has 0 radical (unpaired) electrons. The molecule has 1 atom stereocenters. The van der Waals surface area contributed by atoms with Crippen molar-refractivity contribution < 1.29 is 23.9 Å². The smallest absolute Gasteiger partial charge is 0.331 e. The lowest BCUT2D eigenvalue weighted by Crippen LogP contribution is -2.32. The Morgan fingerprint density at radius 2 is 2.04 bits per heavy atom. The Morgan fingerprint density at radius 3 is 2.76 bits per heavy atom. The van der Waals surface area contributed by atoms with E-state index in [9.17, 15) is 14.4 Å². The summed E-state index contributed by atoms with van der Waals surface area (Å²) in [5.41, 5.74) is 0. The number of unbranched alkanes of at least 4 members (excludes halogenated alkanes) is 3. The molecule has 25 heavy (non-hydrogen) atoms. The number of carbonyl (C=O) groups is 3. The number of allylic oxidation sites excluding steroid dienone is 1. The molecule has 1 amide bonds. The Balaban J connectivity index is 2.27. The van der Waals surface area contributed by atoms with Gasteiger partial charge in [0.1, 0.15) is 6.61 Å². The molecule has 142 valence electrons. The molecule has 1 rings (SSSR count). The second kappa shape index (κ2) is 12.6. The summed E-state index contributed by atoms with van der Waals surface area (Å²) in [5.74, 6) is -0.101. The van der Waals surface area contributed by atoms with Gasteiger partial charge < -0.3 is 14.4 Å². The number of methoxy groups -OCH3 is 1.